The van der Waals surface area contributed by atoms with Crippen molar-refractivity contribution in [1.29, 1.82) is 0 Å². The molecule has 11 rings (SSSR count). The van der Waals surface area contributed by atoms with Crippen LogP contribution in [0.2, 0.25) is 6.32 Å². The number of allylic oxidation sites excluding steroid dienone is 10. The molecule has 1 heterocycles. The molecule has 1 unspecified atom stereocenters. The summed E-state index contributed by atoms with van der Waals surface area (Å²) in [5.74, 6) is 2.38. The predicted octanol–water partition coefficient (Wildman–Crippen LogP) is 14.5. The Hall–Kier alpha value is -6.25. The van der Waals surface area contributed by atoms with Gasteiger partial charge < -0.3 is 0 Å². The first kappa shape index (κ1) is 35.9. The molecule has 284 valence electrons. The van der Waals surface area contributed by atoms with E-state index >= 15 is 0 Å². The van der Waals surface area contributed by atoms with Crippen molar-refractivity contribution < 1.29 is 0 Å². The van der Waals surface area contributed by atoms with Crippen LogP contribution in [0.1, 0.15) is 73.8 Å². The van der Waals surface area contributed by atoms with Gasteiger partial charge in [0.2, 0.25) is 0 Å². The van der Waals surface area contributed by atoms with Gasteiger partial charge in [0.05, 0.1) is 0 Å². The maximum absolute atomic E-state index is 2.57. The van der Waals surface area contributed by atoms with Crippen LogP contribution >= 0.6 is 0 Å². The molecular formula is C57H48BN. The van der Waals surface area contributed by atoms with Crippen LogP contribution in [-0.2, 0) is 10.8 Å². The van der Waals surface area contributed by atoms with Crippen molar-refractivity contribution in [1.82, 2.24) is 0 Å². The fourth-order valence-corrected chi connectivity index (χ4v) is 11.1. The predicted molar refractivity (Wildman–Crippen MR) is 252 cm³/mol. The van der Waals surface area contributed by atoms with Gasteiger partial charge in [-0.2, -0.15) is 0 Å². The molecule has 4 aliphatic carbocycles. The Morgan fingerprint density at radius 2 is 1.22 bits per heavy atom. The fraction of sp³-hybridized carbons (Fsp3) is 0.175. The van der Waals surface area contributed by atoms with Gasteiger partial charge in [-0.1, -0.05) is 97.1 Å². The molecule has 0 fully saturated rings. The van der Waals surface area contributed by atoms with E-state index in [2.05, 4.69) is 208 Å². The summed E-state index contributed by atoms with van der Waals surface area (Å²) in [6.45, 7) is 7.23. The first-order chi connectivity index (χ1) is 29.0. The zero-order valence-electron chi connectivity index (χ0n) is 34.1. The molecule has 0 bridgehead atoms. The summed E-state index contributed by atoms with van der Waals surface area (Å²) in [5.41, 5.74) is 22.4. The van der Waals surface area contributed by atoms with Crippen LogP contribution in [0.25, 0.3) is 33.4 Å². The second-order valence-corrected chi connectivity index (χ2v) is 17.3. The summed E-state index contributed by atoms with van der Waals surface area (Å²) in [7, 11) is 0. The molecule has 0 spiro atoms. The molecule has 0 aromatic heterocycles. The molecule has 0 amide bonds. The number of anilines is 3. The van der Waals surface area contributed by atoms with Crippen LogP contribution in [0.3, 0.4) is 0 Å². The van der Waals surface area contributed by atoms with E-state index in [4.69, 9.17) is 0 Å². The van der Waals surface area contributed by atoms with E-state index in [0.717, 1.165) is 38.4 Å². The third kappa shape index (κ3) is 5.64. The normalized spacial score (nSPS) is 19.5. The van der Waals surface area contributed by atoms with Crippen molar-refractivity contribution >= 4 is 41.1 Å². The van der Waals surface area contributed by atoms with Gasteiger partial charge in [-0.3, -0.25) is 0 Å². The average molecular weight is 758 g/mol. The summed E-state index contributed by atoms with van der Waals surface area (Å²) in [6.07, 6.45) is 18.3. The average Bonchev–Trinajstić information content (AvgIpc) is 3.73. The SMILES string of the molecule is CC1(C)C2=C(C=BCC2)c2ccc(N(c3ccc4c(c3)C(C3=CC=CCC3)(c3ccccc3)C3=C4C=CCC3)c3ccc(-c4ccccc4)cc3-c3ccccc3)cc21. The van der Waals surface area contributed by atoms with Gasteiger partial charge in [0.15, 0.2) is 0 Å². The van der Waals surface area contributed by atoms with Gasteiger partial charge in [0, 0.05) is 0 Å². The Labute approximate surface area is 350 Å². The second kappa shape index (κ2) is 14.2. The molecule has 0 N–H and O–H groups in total. The van der Waals surface area contributed by atoms with Gasteiger partial charge in [-0.05, 0) is 25.7 Å². The number of nitrogens with zero attached hydrogens (tertiary/aromatic N) is 1. The monoisotopic (exact) mass is 757 g/mol. The Bertz CT molecular complexity index is 2830. The van der Waals surface area contributed by atoms with Crippen molar-refractivity contribution in [2.24, 2.45) is 0 Å². The van der Waals surface area contributed by atoms with Crippen molar-refractivity contribution in [3.8, 4) is 22.3 Å². The van der Waals surface area contributed by atoms with E-state index < -0.39 is 0 Å². The van der Waals surface area contributed by atoms with Crippen LogP contribution in [0.15, 0.2) is 193 Å². The number of hydrogen-bond acceptors (Lipinski definition) is 1. The number of hydrogen-bond donors (Lipinski definition) is 0. The molecule has 6 aromatic rings. The third-order valence-corrected chi connectivity index (χ3v) is 13.9. The zero-order valence-corrected chi connectivity index (χ0v) is 34.1. The van der Waals surface area contributed by atoms with Crippen molar-refractivity contribution in [2.45, 2.75) is 63.1 Å². The van der Waals surface area contributed by atoms with E-state index in [0.29, 0.717) is 0 Å². The first-order valence-corrected chi connectivity index (χ1v) is 21.6. The van der Waals surface area contributed by atoms with Gasteiger partial charge in [0.25, 0.3) is 0 Å². The summed E-state index contributed by atoms with van der Waals surface area (Å²) < 4.78 is 0. The Morgan fingerprint density at radius 3 is 1.95 bits per heavy atom. The number of rotatable bonds is 7. The zero-order chi connectivity index (χ0) is 39.6. The van der Waals surface area contributed by atoms with E-state index in [9.17, 15) is 0 Å². The minimum atomic E-state index is -0.336. The molecule has 1 atom stereocenters. The molecule has 1 nitrogen and oxygen atoms in total. The van der Waals surface area contributed by atoms with Gasteiger partial charge >= 0.3 is 229 Å². The third-order valence-electron chi connectivity index (χ3n) is 13.9. The van der Waals surface area contributed by atoms with Crippen molar-refractivity contribution in [2.75, 3.05) is 4.90 Å². The first-order valence-electron chi connectivity index (χ1n) is 21.6. The quantitative estimate of drug-likeness (QED) is 0.147. The summed E-state index contributed by atoms with van der Waals surface area (Å²) >= 11 is 0. The van der Waals surface area contributed by atoms with E-state index in [1.807, 2.05) is 0 Å². The molecule has 1 aliphatic heterocycles. The van der Waals surface area contributed by atoms with Crippen LogP contribution in [0.4, 0.5) is 17.1 Å². The second-order valence-electron chi connectivity index (χ2n) is 17.3. The maximum atomic E-state index is 2.57. The van der Waals surface area contributed by atoms with Crippen LogP contribution in [0.5, 0.6) is 0 Å². The summed E-state index contributed by atoms with van der Waals surface area (Å²) in [4.78, 5) is 2.57. The van der Waals surface area contributed by atoms with E-state index in [-0.39, 0.29) is 10.8 Å². The Morgan fingerprint density at radius 1 is 0.542 bits per heavy atom. The molecule has 2 heteroatoms. The standard InChI is InChI=1S/C57H48BN/c1-56(2)51-33-34-58-38-50(51)48-31-29-44(36-53(48)56)59(55-32-27-41(39-17-7-3-8-18-39)35-49(55)40-19-9-4-10-20-40)45-28-30-47-46-25-15-16-26-52(46)57(54(47)37-45,42-21-11-5-12-22-42)43-23-13-6-14-24-43/h3-13,15,17-23,25,27-32,35-38H,14,16,24,26,33-34H2,1-2H3. The van der Waals surface area contributed by atoms with Crippen molar-refractivity contribution in [3.63, 3.8) is 0 Å². The molecule has 6 aromatic carbocycles. The molecule has 59 heavy (non-hydrogen) atoms. The molecule has 0 radical (unpaired) electrons. The summed E-state index contributed by atoms with van der Waals surface area (Å²) in [5, 5.41) is 0. The molecule has 5 aliphatic rings. The van der Waals surface area contributed by atoms with Gasteiger partial charge in [-0.15, -0.1) is 0 Å². The Balaban J connectivity index is 1.18. The van der Waals surface area contributed by atoms with Gasteiger partial charge in [-0.25, -0.2) is 0 Å². The van der Waals surface area contributed by atoms with E-state index in [1.54, 1.807) is 11.1 Å². The Kier molecular flexibility index (Phi) is 8.66. The molecular weight excluding hydrogens is 709 g/mol. The van der Waals surface area contributed by atoms with Crippen LogP contribution in [-0.4, -0.2) is 12.9 Å². The van der Waals surface area contributed by atoms with Crippen LogP contribution < -0.4 is 4.90 Å². The van der Waals surface area contributed by atoms with Crippen LogP contribution in [0, 0.1) is 0 Å². The van der Waals surface area contributed by atoms with E-state index in [1.165, 1.54) is 83.9 Å². The molecule has 0 saturated carbocycles. The number of fused-ring (bicyclic) bond motifs is 4. The summed E-state index contributed by atoms with van der Waals surface area (Å²) in [6, 6.07) is 55.0. The molecule has 0 saturated heterocycles. The van der Waals surface area contributed by atoms with Crippen molar-refractivity contribution in [3.05, 3.63) is 221 Å². The number of benzene rings is 6. The minimum absolute atomic E-state index is 0.0484. The topological polar surface area (TPSA) is 3.24 Å². The fourth-order valence-electron chi connectivity index (χ4n) is 11.1. The van der Waals surface area contributed by atoms with Gasteiger partial charge in [0.1, 0.15) is 0 Å².